The Bertz CT molecular complexity index is 271. The van der Waals surface area contributed by atoms with Gasteiger partial charge in [-0.3, -0.25) is 9.69 Å². The van der Waals surface area contributed by atoms with Gasteiger partial charge in [-0.15, -0.1) is 0 Å². The first kappa shape index (κ1) is 15.2. The van der Waals surface area contributed by atoms with Crippen LogP contribution < -0.4 is 11.1 Å². The van der Waals surface area contributed by atoms with Crippen molar-refractivity contribution in [3.63, 3.8) is 0 Å². The zero-order valence-electron chi connectivity index (χ0n) is 10.3. The maximum atomic E-state index is 12.2. The number of carbonyl (C=O) groups is 1. The van der Waals surface area contributed by atoms with Gasteiger partial charge in [0.25, 0.3) is 0 Å². The van der Waals surface area contributed by atoms with E-state index in [1.807, 2.05) is 0 Å². The Kier molecular flexibility index (Phi) is 5.87. The third kappa shape index (κ3) is 6.20. The summed E-state index contributed by atoms with van der Waals surface area (Å²) >= 11 is 0. The fraction of sp³-hybridized carbons (Fsp3) is 0.909. The third-order valence-electron chi connectivity index (χ3n) is 2.97. The number of carbonyl (C=O) groups excluding carboxylic acids is 1. The number of nitrogens with two attached hydrogens (primary N) is 1. The monoisotopic (exact) mass is 267 g/mol. The van der Waals surface area contributed by atoms with Gasteiger partial charge in [0.05, 0.1) is 6.54 Å². The molecule has 1 amide bonds. The predicted octanol–water partition coefficient (Wildman–Crippen LogP) is 0.726. The van der Waals surface area contributed by atoms with Gasteiger partial charge in [-0.25, -0.2) is 0 Å². The normalized spacial score (nSPS) is 21.2. The summed E-state index contributed by atoms with van der Waals surface area (Å²) in [5, 5.41) is 2.74. The number of likely N-dealkylation sites (tertiary alicyclic amines) is 1. The molecule has 18 heavy (non-hydrogen) atoms. The molecule has 7 heteroatoms. The van der Waals surface area contributed by atoms with Crippen molar-refractivity contribution in [3.05, 3.63) is 0 Å². The minimum atomic E-state index is -4.14. The second-order valence-corrected chi connectivity index (χ2v) is 4.70. The van der Waals surface area contributed by atoms with Gasteiger partial charge in [0.15, 0.2) is 0 Å². The van der Waals surface area contributed by atoms with E-state index in [0.717, 1.165) is 0 Å². The highest BCUT2D eigenvalue weighted by atomic mass is 19.4. The highest BCUT2D eigenvalue weighted by Gasteiger charge is 2.34. The van der Waals surface area contributed by atoms with E-state index in [9.17, 15) is 18.0 Å². The van der Waals surface area contributed by atoms with Crippen LogP contribution in [0.4, 0.5) is 13.2 Å². The summed E-state index contributed by atoms with van der Waals surface area (Å²) < 4.78 is 36.5. The molecule has 1 unspecified atom stereocenters. The Balaban J connectivity index is 2.16. The minimum absolute atomic E-state index is 0.0743. The predicted molar refractivity (Wildman–Crippen MR) is 61.9 cm³/mol. The van der Waals surface area contributed by atoms with Crippen LogP contribution in [0.1, 0.15) is 19.3 Å². The Hall–Kier alpha value is -0.820. The van der Waals surface area contributed by atoms with E-state index in [4.69, 9.17) is 5.73 Å². The van der Waals surface area contributed by atoms with E-state index in [1.165, 1.54) is 4.90 Å². The minimum Gasteiger partial charge on any atom is -0.356 e. The summed E-state index contributed by atoms with van der Waals surface area (Å²) in [6.07, 6.45) is -2.42. The summed E-state index contributed by atoms with van der Waals surface area (Å²) in [6.45, 7) is 0.915. The Morgan fingerprint density at radius 3 is 2.78 bits per heavy atom. The van der Waals surface area contributed by atoms with Crippen molar-refractivity contribution in [2.45, 2.75) is 25.4 Å². The summed E-state index contributed by atoms with van der Waals surface area (Å²) in [5.41, 5.74) is 5.28. The average molecular weight is 267 g/mol. The van der Waals surface area contributed by atoms with Crippen molar-refractivity contribution in [3.8, 4) is 0 Å². The molecule has 0 radical (unpaired) electrons. The molecule has 1 saturated heterocycles. The second-order valence-electron chi connectivity index (χ2n) is 4.70. The van der Waals surface area contributed by atoms with Crippen LogP contribution in [0.5, 0.6) is 0 Å². The maximum Gasteiger partial charge on any atom is 0.401 e. The van der Waals surface area contributed by atoms with Gasteiger partial charge in [0, 0.05) is 19.5 Å². The van der Waals surface area contributed by atoms with Crippen molar-refractivity contribution >= 4 is 5.91 Å². The van der Waals surface area contributed by atoms with Crippen LogP contribution in [0.15, 0.2) is 0 Å². The van der Waals surface area contributed by atoms with Crippen LogP contribution in [0.3, 0.4) is 0 Å². The fourth-order valence-corrected chi connectivity index (χ4v) is 2.09. The maximum absolute atomic E-state index is 12.2. The summed E-state index contributed by atoms with van der Waals surface area (Å²) in [7, 11) is 0. The van der Waals surface area contributed by atoms with Gasteiger partial charge in [0.1, 0.15) is 0 Å². The second kappa shape index (κ2) is 6.94. The lowest BCUT2D eigenvalue weighted by Crippen LogP contribution is -2.34. The molecule has 0 aromatic heterocycles. The molecule has 1 heterocycles. The lowest BCUT2D eigenvalue weighted by atomic mass is 10.1. The zero-order valence-corrected chi connectivity index (χ0v) is 10.3. The molecule has 3 N–H and O–H groups in total. The van der Waals surface area contributed by atoms with Gasteiger partial charge < -0.3 is 11.1 Å². The molecule has 106 valence electrons. The molecule has 1 rings (SSSR count). The van der Waals surface area contributed by atoms with E-state index in [1.54, 1.807) is 0 Å². The molecule has 1 aliphatic heterocycles. The molecule has 0 aliphatic carbocycles. The molecule has 1 aliphatic rings. The Morgan fingerprint density at radius 2 is 2.17 bits per heavy atom. The van der Waals surface area contributed by atoms with Crippen molar-refractivity contribution < 1.29 is 18.0 Å². The molecule has 1 atom stereocenters. The number of nitrogens with zero attached hydrogens (tertiary/aromatic N) is 1. The highest BCUT2D eigenvalue weighted by Crippen LogP contribution is 2.22. The van der Waals surface area contributed by atoms with Gasteiger partial charge in [-0.2, -0.15) is 13.2 Å². The average Bonchev–Trinajstić information content (AvgIpc) is 2.68. The number of alkyl halides is 3. The quantitative estimate of drug-likeness (QED) is 0.746. The van der Waals surface area contributed by atoms with Crippen molar-refractivity contribution in [2.75, 3.05) is 32.7 Å². The smallest absolute Gasteiger partial charge is 0.356 e. The standard InChI is InChI=1S/C11H20F3N3O/c12-11(13,14)8-17-5-3-9(7-17)6-16-10(18)2-1-4-15/h9H,1-8,15H2,(H,16,18). The number of nitrogens with one attached hydrogen (secondary N) is 1. The van der Waals surface area contributed by atoms with Gasteiger partial charge >= 0.3 is 6.18 Å². The van der Waals surface area contributed by atoms with E-state index in [2.05, 4.69) is 5.32 Å². The molecule has 0 spiro atoms. The molecule has 1 fully saturated rings. The summed E-state index contributed by atoms with van der Waals surface area (Å²) in [5.74, 6) is 0.0453. The molecule has 4 nitrogen and oxygen atoms in total. The lowest BCUT2D eigenvalue weighted by molar-refractivity contribution is -0.143. The van der Waals surface area contributed by atoms with Crippen molar-refractivity contribution in [1.29, 1.82) is 0 Å². The fourth-order valence-electron chi connectivity index (χ4n) is 2.09. The highest BCUT2D eigenvalue weighted by molar-refractivity contribution is 5.75. The zero-order chi connectivity index (χ0) is 13.6. The van der Waals surface area contributed by atoms with E-state index in [-0.39, 0.29) is 11.8 Å². The van der Waals surface area contributed by atoms with Gasteiger partial charge in [-0.1, -0.05) is 0 Å². The van der Waals surface area contributed by atoms with Crippen molar-refractivity contribution in [1.82, 2.24) is 10.2 Å². The first-order valence-electron chi connectivity index (χ1n) is 6.16. The van der Waals surface area contributed by atoms with Crippen LogP contribution in [-0.4, -0.2) is 49.7 Å². The van der Waals surface area contributed by atoms with Gasteiger partial charge in [-0.05, 0) is 31.8 Å². The van der Waals surface area contributed by atoms with E-state index < -0.39 is 12.7 Å². The van der Waals surface area contributed by atoms with Crippen molar-refractivity contribution in [2.24, 2.45) is 11.7 Å². The van der Waals surface area contributed by atoms with Gasteiger partial charge in [0.2, 0.25) is 5.91 Å². The SMILES string of the molecule is NCCCC(=O)NCC1CCN(CC(F)(F)F)C1. The number of amides is 1. The topological polar surface area (TPSA) is 58.4 Å². The largest absolute Gasteiger partial charge is 0.401 e. The molecular formula is C11H20F3N3O. The number of hydrogen-bond acceptors (Lipinski definition) is 3. The van der Waals surface area contributed by atoms with Crippen LogP contribution in [-0.2, 0) is 4.79 Å². The van der Waals surface area contributed by atoms with Crippen LogP contribution in [0, 0.1) is 5.92 Å². The van der Waals surface area contributed by atoms with Crippen LogP contribution in [0.2, 0.25) is 0 Å². The number of rotatable bonds is 6. The molecule has 0 aromatic carbocycles. The Morgan fingerprint density at radius 1 is 1.44 bits per heavy atom. The first-order chi connectivity index (χ1) is 8.40. The summed E-state index contributed by atoms with van der Waals surface area (Å²) in [6, 6.07) is 0. The molecular weight excluding hydrogens is 247 g/mol. The molecule has 0 bridgehead atoms. The van der Waals surface area contributed by atoms with Crippen LogP contribution >= 0.6 is 0 Å². The molecule has 0 aromatic rings. The van der Waals surface area contributed by atoms with E-state index >= 15 is 0 Å². The molecule has 0 saturated carbocycles. The lowest BCUT2D eigenvalue weighted by Gasteiger charge is -2.18. The number of hydrogen-bond donors (Lipinski definition) is 2. The first-order valence-corrected chi connectivity index (χ1v) is 6.16. The Labute approximate surface area is 105 Å². The number of halogens is 3. The third-order valence-corrected chi connectivity index (χ3v) is 2.97. The van der Waals surface area contributed by atoms with Crippen LogP contribution in [0.25, 0.3) is 0 Å². The van der Waals surface area contributed by atoms with E-state index in [0.29, 0.717) is 45.4 Å². The summed E-state index contributed by atoms with van der Waals surface area (Å²) in [4.78, 5) is 12.7.